The van der Waals surface area contributed by atoms with Crippen molar-refractivity contribution in [3.8, 4) is 0 Å². The maximum atomic E-state index is 6.63. The van der Waals surface area contributed by atoms with E-state index in [9.17, 15) is 0 Å². The largest absolute Gasteiger partial charge is 0.475 e. The number of alkyl halides is 4. The average molecular weight is 545 g/mol. The Balaban J connectivity index is 3.18. The molecule has 9 heteroatoms. The zero-order valence-electron chi connectivity index (χ0n) is 15.7. The van der Waals surface area contributed by atoms with Crippen molar-refractivity contribution in [3.63, 3.8) is 0 Å². The van der Waals surface area contributed by atoms with E-state index in [1.54, 1.807) is 0 Å². The number of nitrogens with zero attached hydrogens (tertiary/aromatic N) is 1. The molecule has 1 heterocycles. The monoisotopic (exact) mass is 543 g/mol. The van der Waals surface area contributed by atoms with Gasteiger partial charge in [-0.05, 0) is 18.1 Å². The molecule has 0 aromatic rings. The number of ether oxygens (including phenoxy) is 1. The first-order chi connectivity index (χ1) is 10.5. The van der Waals surface area contributed by atoms with E-state index in [1.807, 2.05) is 0 Å². The zero-order chi connectivity index (χ0) is 19.1. The lowest BCUT2D eigenvalue weighted by atomic mass is 10.2. The van der Waals surface area contributed by atoms with E-state index < -0.39 is 20.2 Å². The van der Waals surface area contributed by atoms with Crippen LogP contribution in [0.2, 0.25) is 37.8 Å². The van der Waals surface area contributed by atoms with Crippen molar-refractivity contribution in [2.24, 2.45) is 4.99 Å². The van der Waals surface area contributed by atoms with Gasteiger partial charge in [0, 0.05) is 3.55 Å². The number of hydrogen-bond donors (Lipinski definition) is 0. The van der Waals surface area contributed by atoms with E-state index in [1.165, 1.54) is 0 Å². The predicted octanol–water partition coefficient (Wildman–Crippen LogP) is 6.23. The fourth-order valence-electron chi connectivity index (χ4n) is 2.10. The molecule has 0 aliphatic carbocycles. The highest BCUT2D eigenvalue weighted by molar-refractivity contribution is 14.1. The van der Waals surface area contributed by atoms with E-state index in [4.69, 9.17) is 49.0 Å². The molecule has 0 unspecified atom stereocenters. The third-order valence-electron chi connectivity index (χ3n) is 4.65. The molecule has 0 aromatic heterocycles. The van der Waals surface area contributed by atoms with Gasteiger partial charge < -0.3 is 9.16 Å². The van der Waals surface area contributed by atoms with Gasteiger partial charge in [-0.1, -0.05) is 97.8 Å². The third-order valence-corrected chi connectivity index (χ3v) is 18.0. The Morgan fingerprint density at radius 2 is 1.67 bits per heavy atom. The Labute approximate surface area is 177 Å². The minimum atomic E-state index is -1.94. The van der Waals surface area contributed by atoms with Gasteiger partial charge >= 0.3 is 0 Å². The summed E-state index contributed by atoms with van der Waals surface area (Å²) in [6.45, 7) is 18.5. The van der Waals surface area contributed by atoms with Crippen LogP contribution in [0.15, 0.2) is 4.99 Å². The van der Waals surface area contributed by atoms with Crippen molar-refractivity contribution in [1.29, 1.82) is 0 Å². The van der Waals surface area contributed by atoms with Gasteiger partial charge in [0.25, 0.3) is 3.79 Å². The number of hydrogen-bond acceptors (Lipinski definition) is 3. The topological polar surface area (TPSA) is 30.8 Å². The highest BCUT2D eigenvalue weighted by Gasteiger charge is 2.47. The molecule has 1 rings (SSSR count). The molecular formula is C15H29Cl3INO2Si2. The summed E-state index contributed by atoms with van der Waals surface area (Å²) in [5.41, 5.74) is 0. The van der Waals surface area contributed by atoms with Crippen LogP contribution in [0, 0.1) is 0 Å². The zero-order valence-corrected chi connectivity index (χ0v) is 22.1. The second kappa shape index (κ2) is 7.83. The fourth-order valence-corrected chi connectivity index (χ4v) is 5.66. The van der Waals surface area contributed by atoms with Crippen molar-refractivity contribution >= 4 is 79.7 Å². The molecule has 1 aliphatic rings. The lowest BCUT2D eigenvalue weighted by Crippen LogP contribution is -2.56. The van der Waals surface area contributed by atoms with Gasteiger partial charge in [0.15, 0.2) is 8.32 Å². The van der Waals surface area contributed by atoms with Crippen molar-refractivity contribution in [2.75, 3.05) is 6.61 Å². The highest BCUT2D eigenvalue weighted by atomic mass is 127. The van der Waals surface area contributed by atoms with Crippen LogP contribution in [0.5, 0.6) is 0 Å². The molecule has 0 aromatic carbocycles. The molecule has 0 amide bonds. The van der Waals surface area contributed by atoms with Crippen LogP contribution in [-0.4, -0.2) is 48.4 Å². The Morgan fingerprint density at radius 1 is 1.17 bits per heavy atom. The number of rotatable bonds is 4. The van der Waals surface area contributed by atoms with Crippen molar-refractivity contribution < 1.29 is 9.16 Å². The van der Waals surface area contributed by atoms with E-state index in [2.05, 4.69) is 76.1 Å². The lowest BCUT2D eigenvalue weighted by molar-refractivity contribution is 0.0756. The van der Waals surface area contributed by atoms with Crippen LogP contribution in [0.4, 0.5) is 0 Å². The summed E-state index contributed by atoms with van der Waals surface area (Å²) in [6, 6.07) is -0.0502. The van der Waals surface area contributed by atoms with Gasteiger partial charge in [-0.15, -0.1) is 0 Å². The van der Waals surface area contributed by atoms with Crippen molar-refractivity contribution in [2.45, 2.75) is 78.0 Å². The van der Waals surface area contributed by atoms with E-state index in [0.717, 1.165) is 0 Å². The molecule has 142 valence electrons. The van der Waals surface area contributed by atoms with Gasteiger partial charge in [-0.25, -0.2) is 4.99 Å². The first kappa shape index (κ1) is 23.5. The van der Waals surface area contributed by atoms with Gasteiger partial charge in [0.2, 0.25) is 5.90 Å². The van der Waals surface area contributed by atoms with E-state index in [0.29, 0.717) is 10.2 Å². The van der Waals surface area contributed by atoms with Gasteiger partial charge in [0.1, 0.15) is 12.7 Å². The molecule has 0 saturated heterocycles. The highest BCUT2D eigenvalue weighted by Crippen LogP contribution is 2.40. The van der Waals surface area contributed by atoms with Crippen LogP contribution < -0.4 is 0 Å². The molecular weight excluding hydrogens is 516 g/mol. The Hall–Kier alpha value is 1.46. The summed E-state index contributed by atoms with van der Waals surface area (Å²) in [7, 11) is -3.41. The van der Waals surface area contributed by atoms with Crippen LogP contribution >= 0.6 is 57.4 Å². The minimum Gasteiger partial charge on any atom is -0.475 e. The number of aliphatic imine (C=N–C) groups is 1. The first-order valence-electron chi connectivity index (χ1n) is 8.06. The van der Waals surface area contributed by atoms with E-state index >= 15 is 0 Å². The molecule has 0 bridgehead atoms. The van der Waals surface area contributed by atoms with Crippen LogP contribution in [0.1, 0.15) is 20.8 Å². The van der Waals surface area contributed by atoms with E-state index in [-0.39, 0.29) is 23.1 Å². The normalized spacial score (nSPS) is 25.1. The Kier molecular flexibility index (Phi) is 7.67. The molecule has 3 atom stereocenters. The molecule has 0 N–H and O–H groups in total. The van der Waals surface area contributed by atoms with Gasteiger partial charge in [-0.2, -0.15) is 0 Å². The molecule has 0 fully saturated rings. The SMILES string of the molecule is CC(C)(C)[Si](C)(C)O[C@@H]1COC(C(Cl)(Cl)Cl)=N[C@H]1[C@H](I)[Si](C)(C)C. The molecule has 0 saturated carbocycles. The summed E-state index contributed by atoms with van der Waals surface area (Å²) in [6.07, 6.45) is -0.101. The van der Waals surface area contributed by atoms with Crippen LogP contribution in [-0.2, 0) is 9.16 Å². The quantitative estimate of drug-likeness (QED) is 0.239. The van der Waals surface area contributed by atoms with Crippen molar-refractivity contribution in [3.05, 3.63) is 0 Å². The summed E-state index contributed by atoms with van der Waals surface area (Å²) < 4.78 is 11.0. The van der Waals surface area contributed by atoms with Crippen LogP contribution in [0.3, 0.4) is 0 Å². The maximum Gasteiger partial charge on any atom is 0.266 e. The third kappa shape index (κ3) is 5.99. The number of halogens is 4. The summed E-state index contributed by atoms with van der Waals surface area (Å²) >= 11 is 20.5. The minimum absolute atomic E-state index is 0.0502. The molecule has 1 aliphatic heterocycles. The molecule has 3 nitrogen and oxygen atoms in total. The molecule has 0 radical (unpaired) electrons. The summed E-state index contributed by atoms with van der Waals surface area (Å²) in [4.78, 5) is 4.69. The Bertz CT molecular complexity index is 485. The second-order valence-electron chi connectivity index (χ2n) is 8.92. The maximum absolute atomic E-state index is 6.63. The van der Waals surface area contributed by atoms with Gasteiger partial charge in [0.05, 0.1) is 14.1 Å². The van der Waals surface area contributed by atoms with Gasteiger partial charge in [-0.3, -0.25) is 0 Å². The first-order valence-corrected chi connectivity index (χ1v) is 16.9. The predicted molar refractivity (Wildman–Crippen MR) is 121 cm³/mol. The Morgan fingerprint density at radius 3 is 2.04 bits per heavy atom. The van der Waals surface area contributed by atoms with Crippen LogP contribution in [0.25, 0.3) is 0 Å². The average Bonchev–Trinajstić information content (AvgIpc) is 2.34. The van der Waals surface area contributed by atoms with Crippen molar-refractivity contribution in [1.82, 2.24) is 0 Å². The standard InChI is InChI=1S/C15H29Cl3INO2Si2/c1-14(2,3)24(7,8)22-10-9-21-13(15(16,17)18)20-11(10)12(19)23(4,5)6/h10-12H,9H2,1-8H3/t10-,11-,12-/m1/s1. The fraction of sp³-hybridized carbons (Fsp3) is 0.933. The summed E-state index contributed by atoms with van der Waals surface area (Å²) in [5, 5.41) is 0.122. The molecule has 24 heavy (non-hydrogen) atoms. The second-order valence-corrected chi connectivity index (χ2v) is 23.8. The lowest BCUT2D eigenvalue weighted by Gasteiger charge is -2.44. The summed E-state index contributed by atoms with van der Waals surface area (Å²) in [5.74, 6) is 0.187. The molecule has 0 spiro atoms. The smallest absolute Gasteiger partial charge is 0.266 e.